The van der Waals surface area contributed by atoms with Gasteiger partial charge in [0.05, 0.1) is 11.9 Å². The Hall–Kier alpha value is -1.66. The molecule has 1 N–H and O–H groups in total. The molecule has 1 aromatic heterocycles. The summed E-state index contributed by atoms with van der Waals surface area (Å²) in [5.74, 6) is 0.685. The van der Waals surface area contributed by atoms with Gasteiger partial charge in [-0.2, -0.15) is 0 Å². The van der Waals surface area contributed by atoms with Crippen LogP contribution in [-0.4, -0.2) is 26.4 Å². The first-order valence-electron chi connectivity index (χ1n) is 5.50. The number of rotatable bonds is 5. The first kappa shape index (κ1) is 12.8. The van der Waals surface area contributed by atoms with Gasteiger partial charge in [-0.05, 0) is 0 Å². The lowest BCUT2D eigenvalue weighted by Gasteiger charge is -1.98. The predicted octanol–water partition coefficient (Wildman–Crippen LogP) is 1.43. The van der Waals surface area contributed by atoms with E-state index in [9.17, 15) is 8.42 Å². The summed E-state index contributed by atoms with van der Waals surface area (Å²) in [4.78, 5) is 0. The van der Waals surface area contributed by atoms with E-state index in [-0.39, 0.29) is 0 Å². The van der Waals surface area contributed by atoms with E-state index in [2.05, 4.69) is 9.88 Å². The van der Waals surface area contributed by atoms with Crippen molar-refractivity contribution in [1.82, 2.24) is 9.88 Å². The number of nitrogens with one attached hydrogen (secondary N) is 1. The molecule has 96 valence electrons. The van der Waals surface area contributed by atoms with Gasteiger partial charge >= 0.3 is 0 Å². The average Bonchev–Trinajstić information content (AvgIpc) is 2.77. The van der Waals surface area contributed by atoms with Crippen molar-refractivity contribution in [2.45, 2.75) is 6.42 Å². The topological polar surface area (TPSA) is 72.2 Å². The van der Waals surface area contributed by atoms with Gasteiger partial charge in [-0.1, -0.05) is 35.5 Å². The zero-order chi connectivity index (χ0) is 13.0. The Balaban J connectivity index is 1.99. The van der Waals surface area contributed by atoms with Crippen LogP contribution >= 0.6 is 0 Å². The van der Waals surface area contributed by atoms with Gasteiger partial charge in [-0.3, -0.25) is 0 Å². The van der Waals surface area contributed by atoms with E-state index in [1.807, 2.05) is 36.4 Å². The summed E-state index contributed by atoms with van der Waals surface area (Å²) in [6.07, 6.45) is 1.63. The van der Waals surface area contributed by atoms with E-state index in [4.69, 9.17) is 4.52 Å². The smallest absolute Gasteiger partial charge is 0.208 e. The fourth-order valence-corrected chi connectivity index (χ4v) is 2.01. The Morgan fingerprint density at radius 2 is 2.00 bits per heavy atom. The lowest BCUT2D eigenvalue weighted by molar-refractivity contribution is 0.423. The minimum absolute atomic E-state index is 0.319. The summed E-state index contributed by atoms with van der Waals surface area (Å²) in [5.41, 5.74) is 1.68. The van der Waals surface area contributed by atoms with E-state index in [1.54, 1.807) is 0 Å². The summed E-state index contributed by atoms with van der Waals surface area (Å²) in [6.45, 7) is 0.319. The molecule has 18 heavy (non-hydrogen) atoms. The van der Waals surface area contributed by atoms with Crippen molar-refractivity contribution in [3.05, 3.63) is 42.1 Å². The minimum atomic E-state index is -3.15. The standard InChI is InChI=1S/C12H14N2O3S/c1-18(15,16)13-8-7-11-9-12(17-14-11)10-5-3-2-4-6-10/h2-6,9,13H,7-8H2,1H3. The molecule has 0 amide bonds. The van der Waals surface area contributed by atoms with Crippen LogP contribution in [0.4, 0.5) is 0 Å². The zero-order valence-electron chi connectivity index (χ0n) is 9.96. The van der Waals surface area contributed by atoms with Crippen molar-refractivity contribution < 1.29 is 12.9 Å². The minimum Gasteiger partial charge on any atom is -0.356 e. The van der Waals surface area contributed by atoms with E-state index < -0.39 is 10.0 Å². The van der Waals surface area contributed by atoms with Gasteiger partial charge in [0.1, 0.15) is 0 Å². The highest BCUT2D eigenvalue weighted by Crippen LogP contribution is 2.19. The lowest BCUT2D eigenvalue weighted by atomic mass is 10.1. The van der Waals surface area contributed by atoms with Crippen LogP contribution in [-0.2, 0) is 16.4 Å². The Bertz CT molecular complexity index is 605. The molecule has 0 aliphatic heterocycles. The molecular weight excluding hydrogens is 252 g/mol. The van der Waals surface area contributed by atoms with Gasteiger partial charge in [0.25, 0.3) is 0 Å². The molecule has 1 heterocycles. The summed E-state index contributed by atoms with van der Waals surface area (Å²) < 4.78 is 29.4. The second-order valence-electron chi connectivity index (χ2n) is 3.97. The summed E-state index contributed by atoms with van der Waals surface area (Å²) in [5, 5.41) is 3.90. The van der Waals surface area contributed by atoms with Crippen molar-refractivity contribution in [1.29, 1.82) is 0 Å². The molecular formula is C12H14N2O3S. The molecule has 0 bridgehead atoms. The highest BCUT2D eigenvalue weighted by molar-refractivity contribution is 7.88. The molecule has 0 aliphatic carbocycles. The van der Waals surface area contributed by atoms with Crippen molar-refractivity contribution in [3.63, 3.8) is 0 Å². The monoisotopic (exact) mass is 266 g/mol. The first-order valence-corrected chi connectivity index (χ1v) is 7.39. The molecule has 1 aromatic carbocycles. The molecule has 0 unspecified atom stereocenters. The number of hydrogen-bond acceptors (Lipinski definition) is 4. The highest BCUT2D eigenvalue weighted by Gasteiger charge is 2.07. The molecule has 0 spiro atoms. The SMILES string of the molecule is CS(=O)(=O)NCCc1cc(-c2ccccc2)on1. The Morgan fingerprint density at radius 1 is 1.28 bits per heavy atom. The van der Waals surface area contributed by atoms with Gasteiger partial charge in [0.15, 0.2) is 5.76 Å². The number of hydrogen-bond donors (Lipinski definition) is 1. The number of sulfonamides is 1. The van der Waals surface area contributed by atoms with Crippen LogP contribution in [0.2, 0.25) is 0 Å². The van der Waals surface area contributed by atoms with E-state index in [1.165, 1.54) is 0 Å². The molecule has 0 saturated heterocycles. The molecule has 2 rings (SSSR count). The van der Waals surface area contributed by atoms with Crippen molar-refractivity contribution in [2.24, 2.45) is 0 Å². The van der Waals surface area contributed by atoms with Crippen molar-refractivity contribution in [2.75, 3.05) is 12.8 Å². The predicted molar refractivity (Wildman–Crippen MR) is 68.5 cm³/mol. The maximum Gasteiger partial charge on any atom is 0.208 e. The number of aromatic nitrogens is 1. The molecule has 0 atom stereocenters. The van der Waals surface area contributed by atoms with Gasteiger partial charge in [0.2, 0.25) is 10.0 Å². The third-order valence-corrected chi connectivity index (χ3v) is 3.09. The van der Waals surface area contributed by atoms with Gasteiger partial charge in [-0.15, -0.1) is 0 Å². The fraction of sp³-hybridized carbons (Fsp3) is 0.250. The van der Waals surface area contributed by atoms with E-state index in [0.29, 0.717) is 18.7 Å². The van der Waals surface area contributed by atoms with E-state index in [0.717, 1.165) is 17.5 Å². The highest BCUT2D eigenvalue weighted by atomic mass is 32.2. The Kier molecular flexibility index (Phi) is 3.78. The first-order chi connectivity index (χ1) is 8.54. The zero-order valence-corrected chi connectivity index (χ0v) is 10.8. The molecule has 0 fully saturated rings. The molecule has 6 heteroatoms. The van der Waals surface area contributed by atoms with Crippen LogP contribution < -0.4 is 4.72 Å². The maximum atomic E-state index is 10.9. The van der Waals surface area contributed by atoms with Gasteiger partial charge < -0.3 is 4.52 Å². The molecule has 0 saturated carbocycles. The molecule has 0 aliphatic rings. The van der Waals surface area contributed by atoms with Crippen LogP contribution in [0.15, 0.2) is 40.9 Å². The van der Waals surface area contributed by atoms with Crippen molar-refractivity contribution in [3.8, 4) is 11.3 Å². The third kappa shape index (κ3) is 3.68. The van der Waals surface area contributed by atoms with Crippen LogP contribution in [0.25, 0.3) is 11.3 Å². The van der Waals surface area contributed by atoms with Crippen LogP contribution in [0, 0.1) is 0 Å². The van der Waals surface area contributed by atoms with Crippen LogP contribution in [0.1, 0.15) is 5.69 Å². The van der Waals surface area contributed by atoms with E-state index >= 15 is 0 Å². The Labute approximate surface area is 106 Å². The summed E-state index contributed by atoms with van der Waals surface area (Å²) >= 11 is 0. The van der Waals surface area contributed by atoms with Crippen LogP contribution in [0.5, 0.6) is 0 Å². The second-order valence-corrected chi connectivity index (χ2v) is 5.80. The quantitative estimate of drug-likeness (QED) is 0.888. The molecule has 0 radical (unpaired) electrons. The average molecular weight is 266 g/mol. The number of nitrogens with zero attached hydrogens (tertiary/aromatic N) is 1. The molecule has 2 aromatic rings. The summed E-state index contributed by atoms with van der Waals surface area (Å²) in [7, 11) is -3.15. The van der Waals surface area contributed by atoms with Gasteiger partial charge in [-0.25, -0.2) is 13.1 Å². The van der Waals surface area contributed by atoms with Crippen LogP contribution in [0.3, 0.4) is 0 Å². The normalized spacial score (nSPS) is 11.6. The maximum absolute atomic E-state index is 10.9. The largest absolute Gasteiger partial charge is 0.356 e. The number of benzene rings is 1. The third-order valence-electron chi connectivity index (χ3n) is 2.36. The summed E-state index contributed by atoms with van der Waals surface area (Å²) in [6, 6.07) is 11.4. The van der Waals surface area contributed by atoms with Gasteiger partial charge in [0, 0.05) is 24.6 Å². The lowest BCUT2D eigenvalue weighted by Crippen LogP contribution is -2.24. The fourth-order valence-electron chi connectivity index (χ4n) is 1.53. The molecule has 5 nitrogen and oxygen atoms in total. The second kappa shape index (κ2) is 5.32. The Morgan fingerprint density at radius 3 is 2.67 bits per heavy atom. The van der Waals surface area contributed by atoms with Crippen molar-refractivity contribution >= 4 is 10.0 Å².